The van der Waals surface area contributed by atoms with E-state index in [2.05, 4.69) is 15.3 Å². The Morgan fingerprint density at radius 3 is 2.47 bits per heavy atom. The Hall–Kier alpha value is -3.34. The van der Waals surface area contributed by atoms with Gasteiger partial charge in [0.05, 0.1) is 23.3 Å². The number of rotatable bonds is 5. The van der Waals surface area contributed by atoms with Crippen LogP contribution in [0.25, 0.3) is 16.8 Å². The van der Waals surface area contributed by atoms with Crippen LogP contribution in [0, 0.1) is 6.92 Å². The van der Waals surface area contributed by atoms with Crippen molar-refractivity contribution in [1.82, 2.24) is 24.5 Å². The summed E-state index contributed by atoms with van der Waals surface area (Å²) >= 11 is 6.13. The molecule has 0 saturated heterocycles. The van der Waals surface area contributed by atoms with E-state index in [1.165, 1.54) is 0 Å². The monoisotopic (exact) mass is 496 g/mol. The molecule has 2 aromatic carbocycles. The number of hydrogen-bond donors (Lipinski definition) is 1. The van der Waals surface area contributed by atoms with Gasteiger partial charge in [0, 0.05) is 35.0 Å². The van der Waals surface area contributed by atoms with E-state index in [9.17, 15) is 13.0 Å². The molecule has 5 rings (SSSR count). The fourth-order valence-electron chi connectivity index (χ4n) is 4.14. The normalized spacial score (nSPS) is 15.4. The van der Waals surface area contributed by atoms with Crippen LogP contribution in [0.2, 0.25) is 5.02 Å². The summed E-state index contributed by atoms with van der Waals surface area (Å²) in [7, 11) is -2.32. The lowest BCUT2D eigenvalue weighted by molar-refractivity contribution is 0.476. The first-order chi connectivity index (χ1) is 16.2. The molecule has 11 heteroatoms. The number of aromatic nitrogens is 5. The highest BCUT2D eigenvalue weighted by Crippen LogP contribution is 2.35. The van der Waals surface area contributed by atoms with E-state index in [1.807, 2.05) is 55.1 Å². The first kappa shape index (κ1) is 22.5. The van der Waals surface area contributed by atoms with Crippen molar-refractivity contribution in [1.29, 1.82) is 0 Å². The van der Waals surface area contributed by atoms with Crippen LogP contribution in [0.3, 0.4) is 0 Å². The molecular formula is C23H21ClN6O3S. The minimum absolute atomic E-state index is 0.0531. The summed E-state index contributed by atoms with van der Waals surface area (Å²) in [4.78, 5) is 4.97. The zero-order chi connectivity index (χ0) is 24.0. The van der Waals surface area contributed by atoms with Crippen LogP contribution in [0.4, 0.5) is 0 Å². The molecule has 0 amide bonds. The lowest BCUT2D eigenvalue weighted by Crippen LogP contribution is -2.12. The Morgan fingerprint density at radius 2 is 1.79 bits per heavy atom. The molecule has 174 valence electrons. The minimum atomic E-state index is -4.18. The molecule has 1 aliphatic rings. The number of aliphatic imine (C=N–C) groups is 1. The van der Waals surface area contributed by atoms with Crippen molar-refractivity contribution in [2.75, 3.05) is 5.75 Å². The Kier molecular flexibility index (Phi) is 5.59. The first-order valence-electron chi connectivity index (χ1n) is 10.5. The van der Waals surface area contributed by atoms with E-state index >= 15 is 0 Å². The van der Waals surface area contributed by atoms with Crippen molar-refractivity contribution in [2.45, 2.75) is 19.4 Å². The third kappa shape index (κ3) is 4.27. The molecule has 0 unspecified atom stereocenters. The number of fused-ring (bicyclic) bond motifs is 3. The SMILES string of the molecule is Cc1nnc2n1-c1ccc(-c3cnn(C)c3)cc1C(c1ccc(Cl)cc1)=N[C@@H]2CCS(=O)(=O)O. The molecule has 0 radical (unpaired) electrons. The zero-order valence-electron chi connectivity index (χ0n) is 18.4. The van der Waals surface area contributed by atoms with Crippen molar-refractivity contribution in [3.8, 4) is 16.8 Å². The third-order valence-corrected chi connectivity index (χ3v) is 6.73. The van der Waals surface area contributed by atoms with E-state index < -0.39 is 21.9 Å². The minimum Gasteiger partial charge on any atom is -0.286 e. The predicted molar refractivity (Wildman–Crippen MR) is 129 cm³/mol. The zero-order valence-corrected chi connectivity index (χ0v) is 20.0. The van der Waals surface area contributed by atoms with Crippen molar-refractivity contribution in [3.63, 3.8) is 0 Å². The van der Waals surface area contributed by atoms with Gasteiger partial charge < -0.3 is 0 Å². The Bertz CT molecular complexity index is 1520. The molecule has 0 aliphatic carbocycles. The number of aryl methyl sites for hydroxylation is 2. The van der Waals surface area contributed by atoms with Gasteiger partial charge in [0.1, 0.15) is 11.9 Å². The van der Waals surface area contributed by atoms with Crippen LogP contribution < -0.4 is 0 Å². The van der Waals surface area contributed by atoms with Gasteiger partial charge in [0.15, 0.2) is 5.82 Å². The molecule has 9 nitrogen and oxygen atoms in total. The Morgan fingerprint density at radius 1 is 1.06 bits per heavy atom. The topological polar surface area (TPSA) is 115 Å². The molecule has 1 N–H and O–H groups in total. The van der Waals surface area contributed by atoms with Crippen molar-refractivity contribution in [2.24, 2.45) is 12.0 Å². The average Bonchev–Trinajstić information content (AvgIpc) is 3.36. The molecular weight excluding hydrogens is 476 g/mol. The summed E-state index contributed by atoms with van der Waals surface area (Å²) in [5.74, 6) is 0.716. The maximum Gasteiger partial charge on any atom is 0.264 e. The van der Waals surface area contributed by atoms with Gasteiger partial charge in [-0.3, -0.25) is 18.8 Å². The van der Waals surface area contributed by atoms with Crippen LogP contribution in [0.1, 0.15) is 35.2 Å². The number of benzene rings is 2. The standard InChI is InChI=1S/C23H21ClN6O3S/c1-14-27-28-23-20(9-10-34(31,32)33)26-22(15-3-6-18(24)7-4-15)19-11-16(5-8-21(19)30(14)23)17-12-25-29(2)13-17/h3-8,11-13,20H,9-10H2,1-2H3,(H,31,32,33)/t20-/m1/s1. The Balaban J connectivity index is 1.75. The fourth-order valence-corrected chi connectivity index (χ4v) is 4.78. The van der Waals surface area contributed by atoms with E-state index in [1.54, 1.807) is 23.0 Å². The summed E-state index contributed by atoms with van der Waals surface area (Å²) in [5, 5.41) is 13.4. The van der Waals surface area contributed by atoms with Crippen LogP contribution in [-0.4, -0.2) is 49.0 Å². The van der Waals surface area contributed by atoms with Crippen molar-refractivity contribution >= 4 is 27.4 Å². The molecule has 4 aromatic rings. The molecule has 0 saturated carbocycles. The summed E-state index contributed by atoms with van der Waals surface area (Å²) in [6.45, 7) is 1.84. The molecule has 0 fully saturated rings. The smallest absolute Gasteiger partial charge is 0.264 e. The predicted octanol–water partition coefficient (Wildman–Crippen LogP) is 3.80. The third-order valence-electron chi connectivity index (χ3n) is 5.73. The maximum absolute atomic E-state index is 11.5. The van der Waals surface area contributed by atoms with Gasteiger partial charge in [-0.05, 0) is 43.2 Å². The van der Waals surface area contributed by atoms with Gasteiger partial charge in [0.2, 0.25) is 0 Å². The molecule has 3 heterocycles. The molecule has 2 aromatic heterocycles. The van der Waals surface area contributed by atoms with Crippen LogP contribution in [0.15, 0.2) is 59.9 Å². The average molecular weight is 497 g/mol. The van der Waals surface area contributed by atoms with Crippen LogP contribution in [0.5, 0.6) is 0 Å². The molecule has 34 heavy (non-hydrogen) atoms. The Labute approximate surface area is 201 Å². The molecule has 0 spiro atoms. The van der Waals surface area contributed by atoms with E-state index in [0.717, 1.165) is 27.9 Å². The van der Waals surface area contributed by atoms with Crippen LogP contribution in [-0.2, 0) is 17.2 Å². The summed E-state index contributed by atoms with van der Waals surface area (Å²) in [6.07, 6.45) is 3.78. The number of halogens is 1. The van der Waals surface area contributed by atoms with E-state index in [4.69, 9.17) is 16.6 Å². The molecule has 0 bridgehead atoms. The van der Waals surface area contributed by atoms with Crippen molar-refractivity contribution in [3.05, 3.63) is 82.7 Å². The highest BCUT2D eigenvalue weighted by molar-refractivity contribution is 7.85. The highest BCUT2D eigenvalue weighted by Gasteiger charge is 2.29. The highest BCUT2D eigenvalue weighted by atomic mass is 35.5. The second kappa shape index (κ2) is 8.46. The largest absolute Gasteiger partial charge is 0.286 e. The van der Waals surface area contributed by atoms with Gasteiger partial charge in [-0.2, -0.15) is 13.5 Å². The van der Waals surface area contributed by atoms with Crippen molar-refractivity contribution < 1.29 is 13.0 Å². The number of hydrogen-bond acceptors (Lipinski definition) is 6. The lowest BCUT2D eigenvalue weighted by atomic mass is 9.96. The summed E-state index contributed by atoms with van der Waals surface area (Å²) in [6, 6.07) is 12.7. The molecule has 1 atom stereocenters. The first-order valence-corrected chi connectivity index (χ1v) is 12.5. The lowest BCUT2D eigenvalue weighted by Gasteiger charge is -2.14. The number of nitrogens with zero attached hydrogens (tertiary/aromatic N) is 6. The second-order valence-corrected chi connectivity index (χ2v) is 10.2. The summed E-state index contributed by atoms with van der Waals surface area (Å²) in [5.41, 5.74) is 5.06. The maximum atomic E-state index is 11.5. The van der Waals surface area contributed by atoms with E-state index in [0.29, 0.717) is 22.4 Å². The van der Waals surface area contributed by atoms with Gasteiger partial charge in [-0.1, -0.05) is 29.8 Å². The van der Waals surface area contributed by atoms with E-state index in [-0.39, 0.29) is 6.42 Å². The van der Waals surface area contributed by atoms with Gasteiger partial charge in [0.25, 0.3) is 10.1 Å². The van der Waals surface area contributed by atoms with Crippen LogP contribution >= 0.6 is 11.6 Å². The van der Waals surface area contributed by atoms with Gasteiger partial charge in [-0.15, -0.1) is 10.2 Å². The van der Waals surface area contributed by atoms with Gasteiger partial charge in [-0.25, -0.2) is 0 Å². The summed E-state index contributed by atoms with van der Waals surface area (Å²) < 4.78 is 36.1. The fraction of sp³-hybridized carbons (Fsp3) is 0.217. The van der Waals surface area contributed by atoms with Gasteiger partial charge >= 0.3 is 0 Å². The quantitative estimate of drug-likeness (QED) is 0.420. The molecule has 1 aliphatic heterocycles. The second-order valence-electron chi connectivity index (χ2n) is 8.15.